The highest BCUT2D eigenvalue weighted by atomic mass is 32.1. The molecule has 1 aliphatic heterocycles. The van der Waals surface area contributed by atoms with E-state index in [1.54, 1.807) is 0 Å². The fourth-order valence-corrected chi connectivity index (χ4v) is 1.90. The number of rotatable bonds is 0. The number of nitrogens with zero attached hydrogens (tertiary/aromatic N) is 1. The van der Waals surface area contributed by atoms with Crippen molar-refractivity contribution in [3.63, 3.8) is 0 Å². The number of hydrogen-bond acceptors (Lipinski definition) is 2. The van der Waals surface area contributed by atoms with Gasteiger partial charge in [0.25, 0.3) is 0 Å². The third-order valence-electron chi connectivity index (χ3n) is 2.35. The third-order valence-corrected chi connectivity index (χ3v) is 2.59. The van der Waals surface area contributed by atoms with Gasteiger partial charge in [-0.3, -0.25) is 4.79 Å². The number of Topliss-reactive ketones (excluding diaryl/α,β-unsaturated/α-hetero) is 1. The molecule has 1 N–H and O–H groups in total. The number of aliphatic imine (C=N–C) groups is 1. The number of ketones is 1. The van der Waals surface area contributed by atoms with E-state index in [0.717, 1.165) is 18.6 Å². The van der Waals surface area contributed by atoms with Crippen LogP contribution in [-0.4, -0.2) is 23.2 Å². The van der Waals surface area contributed by atoms with Crippen molar-refractivity contribution in [3.8, 4) is 0 Å². The lowest BCUT2D eigenvalue weighted by Crippen LogP contribution is -2.43. The Bertz CT molecular complexity index is 272. The first-order chi connectivity index (χ1) is 5.77. The fraction of sp³-hybridized carbons (Fsp3) is 0.625. The molecule has 0 spiro atoms. The van der Waals surface area contributed by atoms with E-state index < -0.39 is 0 Å². The molecule has 0 aromatic heterocycles. The molecule has 64 valence electrons. The van der Waals surface area contributed by atoms with Crippen molar-refractivity contribution in [2.75, 3.05) is 6.54 Å². The Kier molecular flexibility index (Phi) is 1.92. The molecule has 0 radical (unpaired) electrons. The summed E-state index contributed by atoms with van der Waals surface area (Å²) in [6.45, 7) is 0.663. The van der Waals surface area contributed by atoms with Gasteiger partial charge in [0.2, 0.25) is 0 Å². The SMILES string of the molecule is O=C1CCCC2=NC(=S)NCC12. The highest BCUT2D eigenvalue weighted by Crippen LogP contribution is 2.20. The second-order valence-corrected chi connectivity index (χ2v) is 3.55. The molecular weight excluding hydrogens is 172 g/mol. The van der Waals surface area contributed by atoms with Gasteiger partial charge >= 0.3 is 0 Å². The van der Waals surface area contributed by atoms with Crippen molar-refractivity contribution in [2.24, 2.45) is 10.9 Å². The summed E-state index contributed by atoms with van der Waals surface area (Å²) >= 11 is 4.90. The van der Waals surface area contributed by atoms with Crippen LogP contribution in [-0.2, 0) is 4.79 Å². The summed E-state index contributed by atoms with van der Waals surface area (Å²) < 4.78 is 0. The molecule has 3 nitrogen and oxygen atoms in total. The van der Waals surface area contributed by atoms with Crippen molar-refractivity contribution in [1.82, 2.24) is 5.32 Å². The van der Waals surface area contributed by atoms with E-state index in [0.29, 0.717) is 23.9 Å². The van der Waals surface area contributed by atoms with Crippen LogP contribution in [0.15, 0.2) is 4.99 Å². The Morgan fingerprint density at radius 3 is 3.17 bits per heavy atom. The molecule has 0 amide bonds. The normalized spacial score (nSPS) is 29.0. The summed E-state index contributed by atoms with van der Waals surface area (Å²) in [6.07, 6.45) is 2.59. The zero-order chi connectivity index (χ0) is 8.55. The monoisotopic (exact) mass is 182 g/mol. The molecule has 4 heteroatoms. The van der Waals surface area contributed by atoms with Crippen molar-refractivity contribution >= 4 is 28.8 Å². The Labute approximate surface area is 76.2 Å². The summed E-state index contributed by atoms with van der Waals surface area (Å²) in [7, 11) is 0. The van der Waals surface area contributed by atoms with E-state index in [1.165, 1.54) is 0 Å². The van der Waals surface area contributed by atoms with Gasteiger partial charge in [0.1, 0.15) is 5.78 Å². The fourth-order valence-electron chi connectivity index (χ4n) is 1.70. The maximum atomic E-state index is 11.4. The molecule has 1 atom stereocenters. The number of hydrogen-bond donors (Lipinski definition) is 1. The smallest absolute Gasteiger partial charge is 0.192 e. The zero-order valence-electron chi connectivity index (χ0n) is 6.67. The highest BCUT2D eigenvalue weighted by Gasteiger charge is 2.30. The largest absolute Gasteiger partial charge is 0.360 e. The Balaban J connectivity index is 2.26. The van der Waals surface area contributed by atoms with Gasteiger partial charge in [-0.05, 0) is 25.1 Å². The van der Waals surface area contributed by atoms with Crippen LogP contribution < -0.4 is 5.32 Å². The first-order valence-corrected chi connectivity index (χ1v) is 4.56. The van der Waals surface area contributed by atoms with Gasteiger partial charge in [0.15, 0.2) is 5.11 Å². The molecule has 1 unspecified atom stereocenters. The molecule has 0 aromatic rings. The summed E-state index contributed by atoms with van der Waals surface area (Å²) in [6, 6.07) is 0. The molecule has 2 rings (SSSR count). The molecule has 1 saturated carbocycles. The van der Waals surface area contributed by atoms with E-state index in [4.69, 9.17) is 12.2 Å². The van der Waals surface area contributed by atoms with Gasteiger partial charge in [0.05, 0.1) is 5.92 Å². The summed E-state index contributed by atoms with van der Waals surface area (Å²) in [4.78, 5) is 15.5. The number of fused-ring (bicyclic) bond motifs is 1. The number of carbonyl (C=O) groups excluding carboxylic acids is 1. The van der Waals surface area contributed by atoms with Crippen LogP contribution in [0.5, 0.6) is 0 Å². The first-order valence-electron chi connectivity index (χ1n) is 4.15. The molecule has 1 heterocycles. The zero-order valence-corrected chi connectivity index (χ0v) is 7.49. The molecule has 1 aliphatic carbocycles. The Hall–Kier alpha value is -0.770. The average molecular weight is 182 g/mol. The van der Waals surface area contributed by atoms with Gasteiger partial charge in [-0.1, -0.05) is 0 Å². The van der Waals surface area contributed by atoms with Crippen LogP contribution >= 0.6 is 12.2 Å². The van der Waals surface area contributed by atoms with Crippen LogP contribution in [0.25, 0.3) is 0 Å². The molecule has 0 saturated heterocycles. The van der Waals surface area contributed by atoms with E-state index >= 15 is 0 Å². The second-order valence-electron chi connectivity index (χ2n) is 3.16. The number of carbonyl (C=O) groups is 1. The lowest BCUT2D eigenvalue weighted by Gasteiger charge is -2.26. The predicted octanol–water partition coefficient (Wildman–Crippen LogP) is 0.685. The van der Waals surface area contributed by atoms with Crippen LogP contribution in [0, 0.1) is 5.92 Å². The number of thiocarbonyl (C=S) groups is 1. The van der Waals surface area contributed by atoms with Gasteiger partial charge < -0.3 is 5.32 Å². The maximum absolute atomic E-state index is 11.4. The average Bonchev–Trinajstić information content (AvgIpc) is 2.04. The minimum Gasteiger partial charge on any atom is -0.360 e. The van der Waals surface area contributed by atoms with Crippen molar-refractivity contribution < 1.29 is 4.79 Å². The lowest BCUT2D eigenvalue weighted by molar-refractivity contribution is -0.121. The second kappa shape index (κ2) is 2.94. The molecule has 0 aromatic carbocycles. The number of nitrogens with one attached hydrogen (secondary N) is 1. The van der Waals surface area contributed by atoms with E-state index in [1.807, 2.05) is 0 Å². The molecular formula is C8H10N2OS. The van der Waals surface area contributed by atoms with Crippen LogP contribution in [0.4, 0.5) is 0 Å². The van der Waals surface area contributed by atoms with Crippen LogP contribution in [0.2, 0.25) is 0 Å². The van der Waals surface area contributed by atoms with Crippen molar-refractivity contribution in [1.29, 1.82) is 0 Å². The molecule has 12 heavy (non-hydrogen) atoms. The quantitative estimate of drug-likeness (QED) is 0.560. The summed E-state index contributed by atoms with van der Waals surface area (Å²) in [5.41, 5.74) is 0.995. The van der Waals surface area contributed by atoms with E-state index in [9.17, 15) is 4.79 Å². The minimum absolute atomic E-state index is 0.0189. The van der Waals surface area contributed by atoms with Gasteiger partial charge in [-0.2, -0.15) is 0 Å². The first kappa shape index (κ1) is 7.86. The van der Waals surface area contributed by atoms with Gasteiger partial charge in [-0.15, -0.1) is 0 Å². The van der Waals surface area contributed by atoms with E-state index in [-0.39, 0.29) is 5.92 Å². The van der Waals surface area contributed by atoms with Crippen LogP contribution in [0.1, 0.15) is 19.3 Å². The predicted molar refractivity (Wildman–Crippen MR) is 50.4 cm³/mol. The summed E-state index contributed by atoms with van der Waals surface area (Å²) in [5.74, 6) is 0.334. The molecule has 0 bridgehead atoms. The van der Waals surface area contributed by atoms with Crippen LogP contribution in [0.3, 0.4) is 0 Å². The van der Waals surface area contributed by atoms with Crippen molar-refractivity contribution in [3.05, 3.63) is 0 Å². The van der Waals surface area contributed by atoms with Gasteiger partial charge in [-0.25, -0.2) is 4.99 Å². The minimum atomic E-state index is 0.0189. The third kappa shape index (κ3) is 1.27. The Morgan fingerprint density at radius 2 is 2.33 bits per heavy atom. The van der Waals surface area contributed by atoms with Crippen molar-refractivity contribution in [2.45, 2.75) is 19.3 Å². The molecule has 1 fully saturated rings. The van der Waals surface area contributed by atoms with Gasteiger partial charge in [0, 0.05) is 18.7 Å². The topological polar surface area (TPSA) is 41.5 Å². The standard InChI is InChI=1S/C8H10N2OS/c11-7-3-1-2-6-5(7)4-9-8(12)10-6/h5H,1-4H2,(H,9,12). The summed E-state index contributed by atoms with van der Waals surface area (Å²) in [5, 5.41) is 3.47. The lowest BCUT2D eigenvalue weighted by atomic mass is 9.85. The molecule has 2 aliphatic rings. The van der Waals surface area contributed by atoms with E-state index in [2.05, 4.69) is 10.3 Å². The highest BCUT2D eigenvalue weighted by molar-refractivity contribution is 7.80. The Morgan fingerprint density at radius 1 is 1.50 bits per heavy atom. The maximum Gasteiger partial charge on any atom is 0.192 e.